The van der Waals surface area contributed by atoms with Gasteiger partial charge < -0.3 is 10.4 Å². The molecular formula is C7H10N2O4. The summed E-state index contributed by atoms with van der Waals surface area (Å²) in [5.74, 6) is -0.958. The molecule has 1 heterocycles. The summed E-state index contributed by atoms with van der Waals surface area (Å²) in [5, 5.41) is 12.6. The van der Waals surface area contributed by atoms with Crippen LogP contribution in [0.5, 0.6) is 0 Å². The molecule has 1 rings (SSSR count). The van der Waals surface area contributed by atoms with Crippen LogP contribution in [0.1, 0.15) is 19.8 Å². The van der Waals surface area contributed by atoms with Crippen molar-refractivity contribution >= 4 is 17.9 Å². The zero-order valence-electron chi connectivity index (χ0n) is 7.09. The summed E-state index contributed by atoms with van der Waals surface area (Å²) in [4.78, 5) is 32.3. The van der Waals surface area contributed by atoms with Crippen LogP contribution in [0.25, 0.3) is 0 Å². The fourth-order valence-corrected chi connectivity index (χ4v) is 1.16. The maximum absolute atomic E-state index is 11.2. The van der Waals surface area contributed by atoms with E-state index in [2.05, 4.69) is 10.6 Å². The number of hydrogen-bond acceptors (Lipinski definition) is 3. The van der Waals surface area contributed by atoms with Gasteiger partial charge in [0, 0.05) is 6.42 Å². The maximum atomic E-state index is 11.2. The molecule has 3 amide bonds. The largest absolute Gasteiger partial charge is 0.465 e. The predicted molar refractivity (Wildman–Crippen MR) is 41.9 cm³/mol. The second-order valence-electron chi connectivity index (χ2n) is 3.14. The molecule has 0 aliphatic carbocycles. The molecule has 6 nitrogen and oxygen atoms in total. The van der Waals surface area contributed by atoms with Gasteiger partial charge in [-0.1, -0.05) is 0 Å². The highest BCUT2D eigenvalue weighted by Gasteiger charge is 2.39. The molecule has 1 aliphatic heterocycles. The minimum absolute atomic E-state index is 0.155. The first-order chi connectivity index (χ1) is 5.94. The zero-order chi connectivity index (χ0) is 10.1. The molecule has 0 unspecified atom stereocenters. The van der Waals surface area contributed by atoms with E-state index in [1.165, 1.54) is 6.92 Å². The number of rotatable bonds is 1. The highest BCUT2D eigenvalue weighted by molar-refractivity contribution is 6.03. The molecule has 6 heteroatoms. The average molecular weight is 186 g/mol. The molecule has 0 spiro atoms. The van der Waals surface area contributed by atoms with Crippen LogP contribution in [0, 0.1) is 0 Å². The number of carbonyl (C=O) groups excluding carboxylic acids is 2. The first-order valence-corrected chi connectivity index (χ1v) is 3.79. The van der Waals surface area contributed by atoms with Crippen molar-refractivity contribution in [2.24, 2.45) is 0 Å². The molecule has 1 atom stereocenters. The van der Waals surface area contributed by atoms with Gasteiger partial charge in [-0.2, -0.15) is 0 Å². The summed E-state index contributed by atoms with van der Waals surface area (Å²) in [6.45, 7) is 1.45. The molecule has 13 heavy (non-hydrogen) atoms. The lowest BCUT2D eigenvalue weighted by molar-refractivity contribution is -0.138. The number of amides is 3. The summed E-state index contributed by atoms with van der Waals surface area (Å²) in [6, 6.07) is 0. The quantitative estimate of drug-likeness (QED) is 0.479. The van der Waals surface area contributed by atoms with Gasteiger partial charge in [-0.25, -0.2) is 4.79 Å². The molecule has 0 aromatic heterocycles. The summed E-state index contributed by atoms with van der Waals surface area (Å²) in [7, 11) is 0. The Hall–Kier alpha value is -1.59. The Morgan fingerprint density at radius 3 is 2.69 bits per heavy atom. The highest BCUT2D eigenvalue weighted by Crippen LogP contribution is 2.16. The average Bonchev–Trinajstić information content (AvgIpc) is 1.97. The fourth-order valence-electron chi connectivity index (χ4n) is 1.16. The second-order valence-corrected chi connectivity index (χ2v) is 3.14. The Morgan fingerprint density at radius 2 is 2.23 bits per heavy atom. The summed E-state index contributed by atoms with van der Waals surface area (Å²) < 4.78 is 0. The van der Waals surface area contributed by atoms with Gasteiger partial charge in [-0.3, -0.25) is 14.9 Å². The molecule has 1 saturated heterocycles. The second kappa shape index (κ2) is 3.04. The van der Waals surface area contributed by atoms with Crippen molar-refractivity contribution in [1.82, 2.24) is 10.6 Å². The predicted octanol–water partition coefficient (Wildman–Crippen LogP) is -0.551. The van der Waals surface area contributed by atoms with Gasteiger partial charge in [0.2, 0.25) is 5.91 Å². The van der Waals surface area contributed by atoms with Gasteiger partial charge in [0.1, 0.15) is 5.54 Å². The normalized spacial score (nSPS) is 28.1. The molecule has 0 radical (unpaired) electrons. The van der Waals surface area contributed by atoms with E-state index in [4.69, 9.17) is 5.11 Å². The maximum Gasteiger partial charge on any atom is 0.405 e. The molecule has 1 fully saturated rings. The van der Waals surface area contributed by atoms with Gasteiger partial charge in [-0.05, 0) is 13.3 Å². The van der Waals surface area contributed by atoms with Gasteiger partial charge in [-0.15, -0.1) is 0 Å². The van der Waals surface area contributed by atoms with Crippen LogP contribution in [0.15, 0.2) is 0 Å². The topological polar surface area (TPSA) is 95.5 Å². The summed E-state index contributed by atoms with van der Waals surface area (Å²) >= 11 is 0. The van der Waals surface area contributed by atoms with E-state index in [1.807, 2.05) is 0 Å². The van der Waals surface area contributed by atoms with Crippen LogP contribution in [-0.2, 0) is 9.59 Å². The van der Waals surface area contributed by atoms with E-state index in [0.717, 1.165) is 0 Å². The third-order valence-electron chi connectivity index (χ3n) is 1.99. The number of carboxylic acid groups (broad SMARTS) is 1. The number of piperidine rings is 1. The number of imide groups is 1. The Labute approximate surface area is 74.3 Å². The van der Waals surface area contributed by atoms with Crippen molar-refractivity contribution in [2.45, 2.75) is 25.3 Å². The molecule has 0 saturated carbocycles. The van der Waals surface area contributed by atoms with Crippen molar-refractivity contribution in [3.05, 3.63) is 0 Å². The van der Waals surface area contributed by atoms with Crippen LogP contribution in [-0.4, -0.2) is 28.6 Å². The summed E-state index contributed by atoms with van der Waals surface area (Å²) in [6.07, 6.45) is -0.918. The fraction of sp³-hybridized carbons (Fsp3) is 0.571. The monoisotopic (exact) mass is 186 g/mol. The molecule has 0 bridgehead atoms. The van der Waals surface area contributed by atoms with Crippen molar-refractivity contribution in [3.63, 3.8) is 0 Å². The smallest absolute Gasteiger partial charge is 0.405 e. The molecule has 0 aromatic rings. The standard InChI is InChI=1S/C7H10N2O4/c1-7(9-6(12)13)3-2-4(10)8-5(7)11/h9H,2-3H2,1H3,(H,12,13)(H,8,10,11)/t7-/m1/s1. The SMILES string of the molecule is C[C@@]1(NC(=O)O)CCC(=O)NC1=O. The van der Waals surface area contributed by atoms with Gasteiger partial charge in [0.05, 0.1) is 0 Å². The third-order valence-corrected chi connectivity index (χ3v) is 1.99. The van der Waals surface area contributed by atoms with Crippen LogP contribution in [0.3, 0.4) is 0 Å². The Kier molecular flexibility index (Phi) is 2.22. The van der Waals surface area contributed by atoms with E-state index < -0.39 is 17.5 Å². The number of hydrogen-bond donors (Lipinski definition) is 3. The van der Waals surface area contributed by atoms with E-state index in [1.54, 1.807) is 0 Å². The first kappa shape index (κ1) is 9.50. The van der Waals surface area contributed by atoms with Crippen molar-refractivity contribution < 1.29 is 19.5 Å². The van der Waals surface area contributed by atoms with Crippen LogP contribution < -0.4 is 10.6 Å². The molecule has 72 valence electrons. The van der Waals surface area contributed by atoms with E-state index in [0.29, 0.717) is 0 Å². The lowest BCUT2D eigenvalue weighted by atomic mass is 9.91. The summed E-state index contributed by atoms with van der Waals surface area (Å²) in [5.41, 5.74) is -1.18. The molecule has 1 aliphatic rings. The van der Waals surface area contributed by atoms with E-state index >= 15 is 0 Å². The lowest BCUT2D eigenvalue weighted by Gasteiger charge is -2.31. The van der Waals surface area contributed by atoms with Crippen LogP contribution in [0.4, 0.5) is 4.79 Å². The molecule has 0 aromatic carbocycles. The van der Waals surface area contributed by atoms with Crippen LogP contribution in [0.2, 0.25) is 0 Å². The Morgan fingerprint density at radius 1 is 1.62 bits per heavy atom. The van der Waals surface area contributed by atoms with Crippen molar-refractivity contribution in [3.8, 4) is 0 Å². The zero-order valence-corrected chi connectivity index (χ0v) is 7.09. The Balaban J connectivity index is 2.73. The third kappa shape index (κ3) is 1.95. The first-order valence-electron chi connectivity index (χ1n) is 3.79. The van der Waals surface area contributed by atoms with Gasteiger partial charge >= 0.3 is 6.09 Å². The van der Waals surface area contributed by atoms with E-state index in [9.17, 15) is 14.4 Å². The molecular weight excluding hydrogens is 176 g/mol. The van der Waals surface area contributed by atoms with Crippen molar-refractivity contribution in [1.29, 1.82) is 0 Å². The lowest BCUT2D eigenvalue weighted by Crippen LogP contribution is -2.60. The number of carbonyl (C=O) groups is 3. The number of nitrogens with one attached hydrogen (secondary N) is 2. The minimum Gasteiger partial charge on any atom is -0.465 e. The minimum atomic E-state index is -1.27. The van der Waals surface area contributed by atoms with Crippen molar-refractivity contribution in [2.75, 3.05) is 0 Å². The van der Waals surface area contributed by atoms with Gasteiger partial charge in [0.15, 0.2) is 0 Å². The Bertz CT molecular complexity index is 276. The van der Waals surface area contributed by atoms with Crippen LogP contribution >= 0.6 is 0 Å². The molecule has 3 N–H and O–H groups in total. The van der Waals surface area contributed by atoms with Gasteiger partial charge in [0.25, 0.3) is 5.91 Å². The van der Waals surface area contributed by atoms with E-state index in [-0.39, 0.29) is 18.7 Å². The highest BCUT2D eigenvalue weighted by atomic mass is 16.4.